The van der Waals surface area contributed by atoms with Gasteiger partial charge in [0.15, 0.2) is 0 Å². The summed E-state index contributed by atoms with van der Waals surface area (Å²) in [6, 6.07) is 9.33. The van der Waals surface area contributed by atoms with Gasteiger partial charge in [0.1, 0.15) is 4.90 Å². The van der Waals surface area contributed by atoms with Gasteiger partial charge in [0, 0.05) is 25.2 Å². The molecule has 1 aliphatic rings. The van der Waals surface area contributed by atoms with E-state index in [-0.39, 0.29) is 48.1 Å². The molecule has 158 valence electrons. The molecular formula is C18H18N4O7S. The van der Waals surface area contributed by atoms with Crippen molar-refractivity contribution >= 4 is 33.6 Å². The van der Waals surface area contributed by atoms with Crippen LogP contribution in [-0.2, 0) is 14.8 Å². The number of carboxylic acids is 1. The first-order chi connectivity index (χ1) is 14.3. The Kier molecular flexibility index (Phi) is 6.40. The highest BCUT2D eigenvalue weighted by Crippen LogP contribution is 2.29. The Labute approximate surface area is 171 Å². The third kappa shape index (κ3) is 4.79. The molecule has 30 heavy (non-hydrogen) atoms. The van der Waals surface area contributed by atoms with Crippen molar-refractivity contribution < 1.29 is 28.0 Å². The minimum atomic E-state index is -4.01. The van der Waals surface area contributed by atoms with E-state index in [9.17, 15) is 23.3 Å². The molecule has 3 rings (SSSR count). The van der Waals surface area contributed by atoms with E-state index in [1.165, 1.54) is 46.9 Å². The molecule has 0 atom stereocenters. The highest BCUT2D eigenvalue weighted by molar-refractivity contribution is 7.89. The number of carboxylic acid groups (broad SMARTS) is 1. The number of benzene rings is 2. The van der Waals surface area contributed by atoms with Gasteiger partial charge in [-0.15, -0.1) is 0 Å². The van der Waals surface area contributed by atoms with Gasteiger partial charge in [0.25, 0.3) is 5.69 Å². The number of hydrogen-bond donors (Lipinski definition) is 2. The molecule has 2 aromatic rings. The summed E-state index contributed by atoms with van der Waals surface area (Å²) in [5.74, 6) is -1.06. The number of carbonyl (C=O) groups is 1. The lowest BCUT2D eigenvalue weighted by Gasteiger charge is -2.26. The molecule has 0 spiro atoms. The molecule has 1 fully saturated rings. The fourth-order valence-corrected chi connectivity index (χ4v) is 4.31. The Bertz CT molecular complexity index is 1080. The lowest BCUT2D eigenvalue weighted by Crippen LogP contribution is -2.40. The Morgan fingerprint density at radius 3 is 2.47 bits per heavy atom. The first-order valence-electron chi connectivity index (χ1n) is 8.78. The Morgan fingerprint density at radius 2 is 1.87 bits per heavy atom. The monoisotopic (exact) mass is 434 g/mol. The maximum Gasteiger partial charge on any atom is 0.335 e. The van der Waals surface area contributed by atoms with Gasteiger partial charge in [-0.25, -0.2) is 13.2 Å². The fourth-order valence-electron chi connectivity index (χ4n) is 2.74. The van der Waals surface area contributed by atoms with Crippen LogP contribution in [0.3, 0.4) is 0 Å². The van der Waals surface area contributed by atoms with Crippen molar-refractivity contribution in [1.29, 1.82) is 0 Å². The maximum absolute atomic E-state index is 13.0. The molecule has 2 N–H and O–H groups in total. The first-order valence-corrected chi connectivity index (χ1v) is 10.2. The van der Waals surface area contributed by atoms with Crippen LogP contribution < -0.4 is 5.43 Å². The van der Waals surface area contributed by atoms with E-state index in [4.69, 9.17) is 9.84 Å². The molecule has 1 saturated heterocycles. The molecule has 0 bridgehead atoms. The van der Waals surface area contributed by atoms with Crippen molar-refractivity contribution in [2.75, 3.05) is 31.7 Å². The number of hydrazone groups is 1. The van der Waals surface area contributed by atoms with Gasteiger partial charge in [-0.3, -0.25) is 15.5 Å². The third-order valence-corrected chi connectivity index (χ3v) is 6.26. The average molecular weight is 434 g/mol. The lowest BCUT2D eigenvalue weighted by atomic mass is 10.1. The number of anilines is 1. The Morgan fingerprint density at radius 1 is 1.20 bits per heavy atom. The molecule has 1 aliphatic heterocycles. The number of ether oxygens (including phenoxy) is 1. The zero-order valence-electron chi connectivity index (χ0n) is 15.6. The molecule has 2 aromatic carbocycles. The second-order valence-electron chi connectivity index (χ2n) is 6.25. The van der Waals surface area contributed by atoms with Gasteiger partial charge in [-0.1, -0.05) is 12.1 Å². The molecule has 0 unspecified atom stereocenters. The van der Waals surface area contributed by atoms with E-state index in [1.807, 2.05) is 0 Å². The summed E-state index contributed by atoms with van der Waals surface area (Å²) < 4.78 is 32.4. The van der Waals surface area contributed by atoms with Crippen LogP contribution in [0.4, 0.5) is 11.4 Å². The maximum atomic E-state index is 13.0. The lowest BCUT2D eigenvalue weighted by molar-refractivity contribution is -0.385. The largest absolute Gasteiger partial charge is 0.478 e. The zero-order chi connectivity index (χ0) is 21.7. The van der Waals surface area contributed by atoms with Crippen molar-refractivity contribution in [3.63, 3.8) is 0 Å². The van der Waals surface area contributed by atoms with E-state index in [0.29, 0.717) is 5.56 Å². The quantitative estimate of drug-likeness (QED) is 0.380. The second kappa shape index (κ2) is 8.98. The fraction of sp³-hybridized carbons (Fsp3) is 0.222. The Balaban J connectivity index is 1.88. The van der Waals surface area contributed by atoms with E-state index < -0.39 is 20.9 Å². The van der Waals surface area contributed by atoms with Gasteiger partial charge in [-0.05, 0) is 23.8 Å². The summed E-state index contributed by atoms with van der Waals surface area (Å²) in [6.07, 6.45) is 1.37. The number of nitro groups is 1. The van der Waals surface area contributed by atoms with Crippen LogP contribution in [0, 0.1) is 10.1 Å². The summed E-state index contributed by atoms with van der Waals surface area (Å²) >= 11 is 0. The number of morpholine rings is 1. The van der Waals surface area contributed by atoms with Gasteiger partial charge in [-0.2, -0.15) is 9.41 Å². The van der Waals surface area contributed by atoms with Crippen LogP contribution in [0.2, 0.25) is 0 Å². The van der Waals surface area contributed by atoms with Crippen LogP contribution in [0.25, 0.3) is 0 Å². The number of non-ortho nitro benzene ring substituents is 1. The summed E-state index contributed by atoms with van der Waals surface area (Å²) in [6.45, 7) is 0.760. The smallest absolute Gasteiger partial charge is 0.335 e. The SMILES string of the molecule is O=C(O)c1ccc(/C=N/Nc2ccc([N+](=O)[O-])cc2S(=O)(=O)N2CCOCC2)cc1. The van der Waals surface area contributed by atoms with Gasteiger partial charge in [0.05, 0.1) is 35.6 Å². The molecule has 1 heterocycles. The van der Waals surface area contributed by atoms with E-state index in [1.54, 1.807) is 0 Å². The van der Waals surface area contributed by atoms with Crippen molar-refractivity contribution in [2.45, 2.75) is 4.90 Å². The number of nitrogens with one attached hydrogen (secondary N) is 1. The normalized spacial score (nSPS) is 15.2. The van der Waals surface area contributed by atoms with Gasteiger partial charge < -0.3 is 9.84 Å². The summed E-state index contributed by atoms with van der Waals surface area (Å²) in [5.41, 5.74) is 3.01. The van der Waals surface area contributed by atoms with Crippen LogP contribution in [0.1, 0.15) is 15.9 Å². The highest BCUT2D eigenvalue weighted by Gasteiger charge is 2.30. The number of rotatable bonds is 7. The van der Waals surface area contributed by atoms with Crippen LogP contribution in [0.5, 0.6) is 0 Å². The number of nitro benzene ring substituents is 1. The summed E-state index contributed by atoms with van der Waals surface area (Å²) in [5, 5.41) is 24.0. The molecule has 0 aromatic heterocycles. The number of sulfonamides is 1. The van der Waals surface area contributed by atoms with Crippen molar-refractivity contribution in [3.05, 3.63) is 63.7 Å². The third-order valence-electron chi connectivity index (χ3n) is 4.32. The first kappa shape index (κ1) is 21.4. The number of nitrogens with zero attached hydrogens (tertiary/aromatic N) is 3. The minimum Gasteiger partial charge on any atom is -0.478 e. The summed E-state index contributed by atoms with van der Waals surface area (Å²) in [4.78, 5) is 21.1. The predicted molar refractivity (Wildman–Crippen MR) is 107 cm³/mol. The highest BCUT2D eigenvalue weighted by atomic mass is 32.2. The van der Waals surface area contributed by atoms with Crippen LogP contribution in [0.15, 0.2) is 52.5 Å². The predicted octanol–water partition coefficient (Wildman–Crippen LogP) is 1.76. The van der Waals surface area contributed by atoms with Crippen LogP contribution >= 0.6 is 0 Å². The molecule has 12 heteroatoms. The molecule has 0 radical (unpaired) electrons. The molecular weight excluding hydrogens is 416 g/mol. The van der Waals surface area contributed by atoms with Gasteiger partial charge in [0.2, 0.25) is 10.0 Å². The van der Waals surface area contributed by atoms with Gasteiger partial charge >= 0.3 is 5.97 Å². The van der Waals surface area contributed by atoms with E-state index in [2.05, 4.69) is 10.5 Å². The van der Waals surface area contributed by atoms with Crippen LogP contribution in [-0.4, -0.2) is 61.2 Å². The van der Waals surface area contributed by atoms with Crippen molar-refractivity contribution in [2.24, 2.45) is 5.10 Å². The van der Waals surface area contributed by atoms with Crippen molar-refractivity contribution in [3.8, 4) is 0 Å². The average Bonchev–Trinajstić information content (AvgIpc) is 2.74. The second-order valence-corrected chi connectivity index (χ2v) is 8.16. The molecule has 11 nitrogen and oxygen atoms in total. The topological polar surface area (TPSA) is 151 Å². The number of aromatic carboxylic acids is 1. The molecule has 0 saturated carbocycles. The molecule has 0 aliphatic carbocycles. The zero-order valence-corrected chi connectivity index (χ0v) is 16.4. The Hall–Kier alpha value is -3.35. The summed E-state index contributed by atoms with van der Waals surface area (Å²) in [7, 11) is -4.01. The van der Waals surface area contributed by atoms with Crippen molar-refractivity contribution in [1.82, 2.24) is 4.31 Å². The van der Waals surface area contributed by atoms with E-state index >= 15 is 0 Å². The molecule has 0 amide bonds. The minimum absolute atomic E-state index is 0.0745. The number of hydrogen-bond acceptors (Lipinski definition) is 8. The van der Waals surface area contributed by atoms with E-state index in [0.717, 1.165) is 6.07 Å². The standard InChI is InChI=1S/C18H18N4O7S/c23-18(24)14-3-1-13(2-4-14)12-19-20-16-6-5-15(22(25)26)11-17(16)30(27,28)21-7-9-29-10-8-21/h1-6,11-12,20H,7-10H2,(H,23,24)/b19-12+.